The van der Waals surface area contributed by atoms with Crippen LogP contribution in [0.2, 0.25) is 0 Å². The zero-order valence-electron chi connectivity index (χ0n) is 14.1. The molecule has 1 amide bonds. The van der Waals surface area contributed by atoms with Crippen molar-refractivity contribution < 1.29 is 28.6 Å². The fraction of sp³-hybridized carbons (Fsp3) is 0.222. The van der Waals surface area contributed by atoms with Crippen molar-refractivity contribution in [1.29, 1.82) is 0 Å². The SMILES string of the molecule is COC(=O)[C@H](Cc1ccccc1)NC(=O)COC(=O)c1cc[n+]([O-])cc1. The van der Waals surface area contributed by atoms with Gasteiger partial charge in [-0.2, -0.15) is 4.73 Å². The Bertz CT molecular complexity index is 761. The standard InChI is InChI=1S/C18H18N2O6/c1-25-18(23)15(11-13-5-3-2-4-6-13)19-16(21)12-26-17(22)14-7-9-20(24)10-8-14/h2-10,15H,11-12H2,1H3,(H,19,21)/t15-/m0/s1. The summed E-state index contributed by atoms with van der Waals surface area (Å²) < 4.78 is 10.1. The molecule has 0 saturated heterocycles. The number of methoxy groups -OCH3 is 1. The van der Waals surface area contributed by atoms with Gasteiger partial charge in [-0.05, 0) is 5.56 Å². The van der Waals surface area contributed by atoms with Gasteiger partial charge in [-0.3, -0.25) is 4.79 Å². The number of amides is 1. The van der Waals surface area contributed by atoms with E-state index >= 15 is 0 Å². The number of benzene rings is 1. The summed E-state index contributed by atoms with van der Waals surface area (Å²) in [4.78, 5) is 35.7. The number of rotatable bonds is 7. The maximum absolute atomic E-state index is 12.0. The lowest BCUT2D eigenvalue weighted by atomic mass is 10.1. The largest absolute Gasteiger partial charge is 0.619 e. The van der Waals surface area contributed by atoms with Crippen molar-refractivity contribution in [2.24, 2.45) is 0 Å². The van der Waals surface area contributed by atoms with E-state index in [2.05, 4.69) is 5.32 Å². The minimum Gasteiger partial charge on any atom is -0.619 e. The maximum Gasteiger partial charge on any atom is 0.339 e. The molecule has 0 saturated carbocycles. The van der Waals surface area contributed by atoms with E-state index < -0.39 is 30.5 Å². The summed E-state index contributed by atoms with van der Waals surface area (Å²) in [5, 5.41) is 13.4. The van der Waals surface area contributed by atoms with Crippen molar-refractivity contribution >= 4 is 17.8 Å². The predicted octanol–water partition coefficient (Wildman–Crippen LogP) is 0.377. The second kappa shape index (κ2) is 9.16. The van der Waals surface area contributed by atoms with Gasteiger partial charge in [0.2, 0.25) is 0 Å². The van der Waals surface area contributed by atoms with Crippen molar-refractivity contribution in [1.82, 2.24) is 5.32 Å². The van der Waals surface area contributed by atoms with Gasteiger partial charge in [-0.15, -0.1) is 0 Å². The molecule has 1 aromatic heterocycles. The molecule has 1 atom stereocenters. The molecule has 8 heteroatoms. The van der Waals surface area contributed by atoms with Crippen molar-refractivity contribution in [3.8, 4) is 0 Å². The van der Waals surface area contributed by atoms with E-state index in [0.717, 1.165) is 18.0 Å². The van der Waals surface area contributed by atoms with Crippen molar-refractivity contribution in [3.05, 3.63) is 71.2 Å². The Morgan fingerprint density at radius 2 is 1.77 bits per heavy atom. The Morgan fingerprint density at radius 1 is 1.12 bits per heavy atom. The van der Waals surface area contributed by atoms with Gasteiger partial charge in [0.15, 0.2) is 19.0 Å². The number of hydrogen-bond acceptors (Lipinski definition) is 6. The van der Waals surface area contributed by atoms with Crippen LogP contribution in [-0.2, 0) is 25.5 Å². The molecule has 0 bridgehead atoms. The molecule has 1 N–H and O–H groups in total. The number of ether oxygens (including phenoxy) is 2. The number of pyridine rings is 1. The van der Waals surface area contributed by atoms with Crippen molar-refractivity contribution in [2.45, 2.75) is 12.5 Å². The molecule has 2 rings (SSSR count). The van der Waals surface area contributed by atoms with Gasteiger partial charge in [-0.1, -0.05) is 30.3 Å². The lowest BCUT2D eigenvalue weighted by molar-refractivity contribution is -0.605. The zero-order chi connectivity index (χ0) is 18.9. The van der Waals surface area contributed by atoms with Crippen LogP contribution < -0.4 is 10.0 Å². The van der Waals surface area contributed by atoms with E-state index in [1.165, 1.54) is 19.2 Å². The fourth-order valence-electron chi connectivity index (χ4n) is 2.18. The van der Waals surface area contributed by atoms with Gasteiger partial charge in [-0.25, -0.2) is 9.59 Å². The topological polar surface area (TPSA) is 109 Å². The number of hydrogen-bond donors (Lipinski definition) is 1. The monoisotopic (exact) mass is 358 g/mol. The van der Waals surface area contributed by atoms with Crippen LogP contribution in [0.1, 0.15) is 15.9 Å². The van der Waals surface area contributed by atoms with Gasteiger partial charge in [0, 0.05) is 18.6 Å². The van der Waals surface area contributed by atoms with Crippen LogP contribution in [-0.4, -0.2) is 37.6 Å². The molecule has 1 aromatic carbocycles. The highest BCUT2D eigenvalue weighted by Gasteiger charge is 2.22. The quantitative estimate of drug-likeness (QED) is 0.435. The van der Waals surface area contributed by atoms with Crippen LogP contribution in [0.25, 0.3) is 0 Å². The van der Waals surface area contributed by atoms with E-state index in [0.29, 0.717) is 4.73 Å². The first-order valence-corrected chi connectivity index (χ1v) is 7.76. The molecule has 0 fully saturated rings. The van der Waals surface area contributed by atoms with Gasteiger partial charge in [0.1, 0.15) is 6.04 Å². The Labute approximate surface area is 149 Å². The Kier molecular flexibility index (Phi) is 6.67. The number of aromatic nitrogens is 1. The molecule has 8 nitrogen and oxygen atoms in total. The molecule has 136 valence electrons. The van der Waals surface area contributed by atoms with Crippen molar-refractivity contribution in [3.63, 3.8) is 0 Å². The second-order valence-electron chi connectivity index (χ2n) is 5.36. The second-order valence-corrected chi connectivity index (χ2v) is 5.36. The predicted molar refractivity (Wildman–Crippen MR) is 89.8 cm³/mol. The van der Waals surface area contributed by atoms with Gasteiger partial charge in [0.25, 0.3) is 5.91 Å². The molecular weight excluding hydrogens is 340 g/mol. The average molecular weight is 358 g/mol. The summed E-state index contributed by atoms with van der Waals surface area (Å²) in [7, 11) is 1.23. The molecule has 0 unspecified atom stereocenters. The third-order valence-electron chi connectivity index (χ3n) is 3.48. The summed E-state index contributed by atoms with van der Waals surface area (Å²) in [5.74, 6) is -1.99. The summed E-state index contributed by atoms with van der Waals surface area (Å²) in [6.45, 7) is -0.562. The van der Waals surface area contributed by atoms with E-state index in [4.69, 9.17) is 9.47 Å². The minimum absolute atomic E-state index is 0.138. The number of carbonyl (C=O) groups excluding carboxylic acids is 3. The summed E-state index contributed by atoms with van der Waals surface area (Å²) in [5.41, 5.74) is 0.981. The summed E-state index contributed by atoms with van der Waals surface area (Å²) in [6, 6.07) is 10.8. The van der Waals surface area contributed by atoms with Crippen LogP contribution in [0.15, 0.2) is 54.9 Å². The molecule has 26 heavy (non-hydrogen) atoms. The van der Waals surface area contributed by atoms with Gasteiger partial charge < -0.3 is 20.0 Å². The van der Waals surface area contributed by atoms with Crippen molar-refractivity contribution in [2.75, 3.05) is 13.7 Å². The number of esters is 2. The highest BCUT2D eigenvalue weighted by atomic mass is 16.5. The van der Waals surface area contributed by atoms with Crippen LogP contribution >= 0.6 is 0 Å². The molecule has 2 aromatic rings. The van der Waals surface area contributed by atoms with E-state index in [1.807, 2.05) is 30.3 Å². The average Bonchev–Trinajstić information content (AvgIpc) is 2.66. The molecule has 0 aliphatic heterocycles. The van der Waals surface area contributed by atoms with E-state index in [9.17, 15) is 19.6 Å². The first-order chi connectivity index (χ1) is 12.5. The van der Waals surface area contributed by atoms with Crippen LogP contribution in [0.5, 0.6) is 0 Å². The highest BCUT2D eigenvalue weighted by Crippen LogP contribution is 2.05. The molecule has 0 aliphatic carbocycles. The fourth-order valence-corrected chi connectivity index (χ4v) is 2.18. The third kappa shape index (κ3) is 5.59. The molecule has 0 radical (unpaired) electrons. The first kappa shape index (κ1) is 18.9. The summed E-state index contributed by atoms with van der Waals surface area (Å²) >= 11 is 0. The van der Waals surface area contributed by atoms with Crippen LogP contribution in [0.3, 0.4) is 0 Å². The summed E-state index contributed by atoms with van der Waals surface area (Å²) in [6.07, 6.45) is 2.53. The van der Waals surface area contributed by atoms with E-state index in [-0.39, 0.29) is 12.0 Å². The molecule has 0 aliphatic rings. The molecule has 1 heterocycles. The van der Waals surface area contributed by atoms with Gasteiger partial charge >= 0.3 is 11.9 Å². The van der Waals surface area contributed by atoms with Gasteiger partial charge in [0.05, 0.1) is 12.7 Å². The Morgan fingerprint density at radius 3 is 2.38 bits per heavy atom. The zero-order valence-corrected chi connectivity index (χ0v) is 14.1. The lowest BCUT2D eigenvalue weighted by Gasteiger charge is -2.16. The van der Waals surface area contributed by atoms with Crippen LogP contribution in [0, 0.1) is 5.21 Å². The highest BCUT2D eigenvalue weighted by molar-refractivity contribution is 5.91. The minimum atomic E-state index is -0.898. The molecule has 0 spiro atoms. The number of carbonyl (C=O) groups is 3. The lowest BCUT2D eigenvalue weighted by Crippen LogP contribution is -2.44. The maximum atomic E-state index is 12.0. The smallest absolute Gasteiger partial charge is 0.339 e. The van der Waals surface area contributed by atoms with E-state index in [1.54, 1.807) is 0 Å². The normalized spacial score (nSPS) is 11.3. The first-order valence-electron chi connectivity index (χ1n) is 7.76. The third-order valence-corrected chi connectivity index (χ3v) is 3.48. The Balaban J connectivity index is 1.91. The van der Waals surface area contributed by atoms with Crippen LogP contribution in [0.4, 0.5) is 0 Å². The number of nitrogens with one attached hydrogen (secondary N) is 1. The molecular formula is C18H18N2O6. The number of nitrogens with zero attached hydrogens (tertiary/aromatic N) is 1. The Hall–Kier alpha value is -3.42.